The largest absolute Gasteiger partial charge is 0.452 e. The molecular formula is C23H25N3O4S. The topological polar surface area (TPSA) is 99.5 Å². The zero-order valence-corrected chi connectivity index (χ0v) is 18.4. The van der Waals surface area contributed by atoms with Gasteiger partial charge in [-0.15, -0.1) is 11.8 Å². The van der Waals surface area contributed by atoms with Crippen LogP contribution in [0, 0.1) is 11.3 Å². The fourth-order valence-electron chi connectivity index (χ4n) is 2.72. The minimum atomic E-state index is -0.644. The van der Waals surface area contributed by atoms with E-state index in [0.29, 0.717) is 16.1 Å². The summed E-state index contributed by atoms with van der Waals surface area (Å²) in [5.74, 6) is -1.03. The van der Waals surface area contributed by atoms with Crippen LogP contribution in [0.3, 0.4) is 0 Å². The number of anilines is 1. The third-order valence-electron chi connectivity index (χ3n) is 4.06. The molecule has 0 aliphatic carbocycles. The zero-order valence-electron chi connectivity index (χ0n) is 17.5. The van der Waals surface area contributed by atoms with Crippen molar-refractivity contribution in [2.24, 2.45) is 0 Å². The van der Waals surface area contributed by atoms with Gasteiger partial charge in [0.2, 0.25) is 5.91 Å². The van der Waals surface area contributed by atoms with Gasteiger partial charge in [0.1, 0.15) is 0 Å². The first-order valence-corrected chi connectivity index (χ1v) is 10.8. The number of nitrogens with one attached hydrogen (secondary N) is 1. The second kappa shape index (κ2) is 12.4. The van der Waals surface area contributed by atoms with Crippen LogP contribution < -0.4 is 10.2 Å². The van der Waals surface area contributed by atoms with Crippen molar-refractivity contribution in [3.63, 3.8) is 0 Å². The number of esters is 1. The fraction of sp³-hybridized carbons (Fsp3) is 0.304. The van der Waals surface area contributed by atoms with E-state index in [2.05, 4.69) is 5.32 Å². The van der Waals surface area contributed by atoms with Crippen LogP contribution in [0.15, 0.2) is 59.5 Å². The number of ether oxygens (including phenoxy) is 1. The first-order valence-electron chi connectivity index (χ1n) is 9.83. The molecule has 0 heterocycles. The summed E-state index contributed by atoms with van der Waals surface area (Å²) in [7, 11) is 0. The van der Waals surface area contributed by atoms with E-state index in [4.69, 9.17) is 10.00 Å². The minimum absolute atomic E-state index is 0.0351. The van der Waals surface area contributed by atoms with Crippen molar-refractivity contribution in [3.05, 3.63) is 60.2 Å². The predicted molar refractivity (Wildman–Crippen MR) is 120 cm³/mol. The normalized spacial score (nSPS) is 10.3. The Bertz CT molecular complexity index is 941. The summed E-state index contributed by atoms with van der Waals surface area (Å²) >= 11 is 1.23. The molecule has 0 radical (unpaired) electrons. The summed E-state index contributed by atoms with van der Waals surface area (Å²) < 4.78 is 5.26. The average molecular weight is 440 g/mol. The number of rotatable bonds is 10. The molecule has 0 fully saturated rings. The van der Waals surface area contributed by atoms with Crippen LogP contribution in [-0.2, 0) is 14.3 Å². The van der Waals surface area contributed by atoms with E-state index in [1.807, 2.05) is 26.0 Å². The van der Waals surface area contributed by atoms with Crippen LogP contribution in [0.2, 0.25) is 0 Å². The van der Waals surface area contributed by atoms with Gasteiger partial charge in [-0.2, -0.15) is 5.26 Å². The number of benzene rings is 2. The van der Waals surface area contributed by atoms with Crippen LogP contribution in [0.1, 0.15) is 30.6 Å². The highest BCUT2D eigenvalue weighted by atomic mass is 32.2. The van der Waals surface area contributed by atoms with Crippen molar-refractivity contribution in [2.75, 3.05) is 23.8 Å². The van der Waals surface area contributed by atoms with E-state index in [9.17, 15) is 14.4 Å². The molecule has 0 unspecified atom stereocenters. The number of amides is 2. The third kappa shape index (κ3) is 7.79. The highest BCUT2D eigenvalue weighted by Gasteiger charge is 2.20. The van der Waals surface area contributed by atoms with Crippen molar-refractivity contribution in [2.45, 2.75) is 31.2 Å². The van der Waals surface area contributed by atoms with Crippen LogP contribution in [0.25, 0.3) is 0 Å². The highest BCUT2D eigenvalue weighted by Crippen LogP contribution is 2.23. The molecule has 8 heteroatoms. The number of nitrogens with zero attached hydrogens (tertiary/aromatic N) is 2. The number of hydrogen-bond donors (Lipinski definition) is 1. The van der Waals surface area contributed by atoms with Gasteiger partial charge in [0, 0.05) is 23.2 Å². The van der Waals surface area contributed by atoms with Crippen LogP contribution in [-0.4, -0.2) is 42.7 Å². The molecule has 7 nitrogen and oxygen atoms in total. The lowest BCUT2D eigenvalue weighted by atomic mass is 10.2. The van der Waals surface area contributed by atoms with Gasteiger partial charge in [-0.3, -0.25) is 9.59 Å². The smallest absolute Gasteiger partial charge is 0.339 e. The second-order valence-corrected chi connectivity index (χ2v) is 7.89. The molecule has 2 aromatic rings. The Morgan fingerprint density at radius 3 is 2.45 bits per heavy atom. The number of carbonyl (C=O) groups excluding carboxylic acids is 3. The van der Waals surface area contributed by atoms with Gasteiger partial charge in [-0.1, -0.05) is 30.3 Å². The molecule has 0 atom stereocenters. The summed E-state index contributed by atoms with van der Waals surface area (Å²) in [6.45, 7) is 3.50. The van der Waals surface area contributed by atoms with E-state index >= 15 is 0 Å². The first-order chi connectivity index (χ1) is 14.9. The lowest BCUT2D eigenvalue weighted by molar-refractivity contribution is -0.121. The molecular weight excluding hydrogens is 414 g/mol. The van der Waals surface area contributed by atoms with Gasteiger partial charge in [-0.25, -0.2) is 4.79 Å². The Kier molecular flexibility index (Phi) is 9.59. The fourth-order valence-corrected chi connectivity index (χ4v) is 3.57. The van der Waals surface area contributed by atoms with Crippen molar-refractivity contribution in [1.82, 2.24) is 5.32 Å². The summed E-state index contributed by atoms with van der Waals surface area (Å²) in [5.41, 5.74) is 0.923. The quantitative estimate of drug-likeness (QED) is 0.450. The number of hydrogen-bond acceptors (Lipinski definition) is 6. The maximum absolute atomic E-state index is 12.7. The van der Waals surface area contributed by atoms with Crippen molar-refractivity contribution in [1.29, 1.82) is 5.26 Å². The molecule has 31 heavy (non-hydrogen) atoms. The van der Waals surface area contributed by atoms with Gasteiger partial charge < -0.3 is 15.0 Å². The average Bonchev–Trinajstić information content (AvgIpc) is 2.76. The molecule has 162 valence electrons. The molecule has 0 aliphatic rings. The minimum Gasteiger partial charge on any atom is -0.452 e. The number of nitriles is 1. The van der Waals surface area contributed by atoms with Gasteiger partial charge >= 0.3 is 5.97 Å². The number of thioether (sulfide) groups is 1. The molecule has 2 rings (SSSR count). The maximum Gasteiger partial charge on any atom is 0.339 e. The maximum atomic E-state index is 12.7. The summed E-state index contributed by atoms with van der Waals surface area (Å²) in [6.07, 6.45) is 0.159. The Morgan fingerprint density at radius 2 is 1.77 bits per heavy atom. The lowest BCUT2D eigenvalue weighted by Gasteiger charge is -2.21. The standard InChI is InChI=1S/C23H25N3O4S/c1-17(2)25-21(27)16-31-20-12-7-6-11-19(20)23(29)30-15-22(28)26(14-8-13-24)18-9-4-3-5-10-18/h3-7,9-12,17H,8,14-16H2,1-2H3,(H,25,27). The van der Waals surface area contributed by atoms with Crippen LogP contribution in [0.4, 0.5) is 5.69 Å². The van der Waals surface area contributed by atoms with E-state index in [0.717, 1.165) is 0 Å². The molecule has 0 bridgehead atoms. The lowest BCUT2D eigenvalue weighted by Crippen LogP contribution is -2.35. The molecule has 2 aromatic carbocycles. The van der Waals surface area contributed by atoms with Crippen molar-refractivity contribution >= 4 is 35.2 Å². The molecule has 0 spiro atoms. The Morgan fingerprint density at radius 1 is 1.10 bits per heavy atom. The monoisotopic (exact) mass is 439 g/mol. The van der Waals surface area contributed by atoms with Gasteiger partial charge in [0.15, 0.2) is 6.61 Å². The number of carbonyl (C=O) groups is 3. The molecule has 0 aromatic heterocycles. The van der Waals surface area contributed by atoms with Crippen molar-refractivity contribution < 1.29 is 19.1 Å². The van der Waals surface area contributed by atoms with E-state index in [1.165, 1.54) is 16.7 Å². The van der Waals surface area contributed by atoms with Gasteiger partial charge in [0.05, 0.1) is 23.8 Å². The Hall–Kier alpha value is -3.31. The SMILES string of the molecule is CC(C)NC(=O)CSc1ccccc1C(=O)OCC(=O)N(CCC#N)c1ccccc1. The molecule has 1 N–H and O–H groups in total. The molecule has 0 saturated heterocycles. The Labute approximate surface area is 186 Å². The van der Waals surface area contributed by atoms with Crippen molar-refractivity contribution in [3.8, 4) is 6.07 Å². The highest BCUT2D eigenvalue weighted by molar-refractivity contribution is 8.00. The summed E-state index contributed by atoms with van der Waals surface area (Å²) in [4.78, 5) is 39.2. The van der Waals surface area contributed by atoms with E-state index < -0.39 is 18.5 Å². The molecule has 0 aliphatic heterocycles. The second-order valence-electron chi connectivity index (χ2n) is 6.87. The third-order valence-corrected chi connectivity index (χ3v) is 5.13. The predicted octanol–water partition coefficient (Wildman–Crippen LogP) is 3.41. The number of para-hydroxylation sites is 1. The zero-order chi connectivity index (χ0) is 22.6. The van der Waals surface area contributed by atoms with Gasteiger partial charge in [-0.05, 0) is 38.1 Å². The van der Waals surface area contributed by atoms with Crippen LogP contribution in [0.5, 0.6) is 0 Å². The van der Waals surface area contributed by atoms with E-state index in [1.54, 1.807) is 48.5 Å². The van der Waals surface area contributed by atoms with Crippen LogP contribution >= 0.6 is 11.8 Å². The van der Waals surface area contributed by atoms with Gasteiger partial charge in [0.25, 0.3) is 5.91 Å². The Balaban J connectivity index is 2.02. The molecule has 0 saturated carbocycles. The first kappa shape index (κ1) is 24.0. The van der Waals surface area contributed by atoms with E-state index in [-0.39, 0.29) is 30.7 Å². The summed E-state index contributed by atoms with van der Waals surface area (Å²) in [5, 5.41) is 11.7. The molecule has 2 amide bonds. The summed E-state index contributed by atoms with van der Waals surface area (Å²) in [6, 6.07) is 17.8.